The second-order valence-corrected chi connectivity index (χ2v) is 9.16. The van der Waals surface area contributed by atoms with Crippen molar-refractivity contribution in [2.45, 2.75) is 63.2 Å². The summed E-state index contributed by atoms with van der Waals surface area (Å²) < 4.78 is 29.5. The van der Waals surface area contributed by atoms with E-state index in [9.17, 15) is 8.42 Å². The Morgan fingerprint density at radius 3 is 2.57 bits per heavy atom. The van der Waals surface area contributed by atoms with E-state index in [0.717, 1.165) is 58.3 Å². The van der Waals surface area contributed by atoms with Gasteiger partial charge in [0.1, 0.15) is 9.84 Å². The summed E-state index contributed by atoms with van der Waals surface area (Å²) in [6.07, 6.45) is 8.74. The van der Waals surface area contributed by atoms with Gasteiger partial charge in [-0.25, -0.2) is 8.42 Å². The molecule has 1 N–H and O–H groups in total. The maximum atomic E-state index is 11.9. The van der Waals surface area contributed by atoms with Gasteiger partial charge in [0.15, 0.2) is 0 Å². The zero-order chi connectivity index (χ0) is 15.3. The van der Waals surface area contributed by atoms with Crippen LogP contribution in [0.25, 0.3) is 0 Å². The van der Waals surface area contributed by atoms with E-state index in [4.69, 9.17) is 4.74 Å². The van der Waals surface area contributed by atoms with Crippen molar-refractivity contribution in [1.82, 2.24) is 5.32 Å². The molecule has 0 aromatic rings. The average Bonchev–Trinajstić information content (AvgIpc) is 2.48. The van der Waals surface area contributed by atoms with Crippen LogP contribution in [0.1, 0.15) is 51.9 Å². The van der Waals surface area contributed by atoms with Crippen molar-refractivity contribution in [3.8, 4) is 0 Å². The summed E-state index contributed by atoms with van der Waals surface area (Å²) in [5.41, 5.74) is 0. The van der Waals surface area contributed by atoms with Gasteiger partial charge in [-0.1, -0.05) is 13.3 Å². The zero-order valence-corrected chi connectivity index (χ0v) is 14.3. The van der Waals surface area contributed by atoms with E-state index in [2.05, 4.69) is 12.2 Å². The molecule has 1 aliphatic carbocycles. The molecule has 1 saturated carbocycles. The van der Waals surface area contributed by atoms with Crippen LogP contribution in [0.2, 0.25) is 0 Å². The van der Waals surface area contributed by atoms with Gasteiger partial charge in [0.05, 0.1) is 11.9 Å². The van der Waals surface area contributed by atoms with Crippen molar-refractivity contribution in [3.63, 3.8) is 0 Å². The van der Waals surface area contributed by atoms with Crippen LogP contribution in [0, 0.1) is 11.8 Å². The normalized spacial score (nSPS) is 32.8. The SMILES string of the molecule is CCCNC(C1CCCOC1)C1CCCC(S(C)(=O)=O)C1. The summed E-state index contributed by atoms with van der Waals surface area (Å²) in [7, 11) is -2.90. The summed E-state index contributed by atoms with van der Waals surface area (Å²) in [6.45, 7) is 4.91. The highest BCUT2D eigenvalue weighted by Gasteiger charge is 2.36. The van der Waals surface area contributed by atoms with Crippen molar-refractivity contribution in [3.05, 3.63) is 0 Å². The standard InChI is InChI=1S/C16H31NO3S/c1-3-9-17-16(14-7-5-10-20-12-14)13-6-4-8-15(11-13)21(2,18)19/h13-17H,3-12H2,1-2H3. The number of ether oxygens (including phenoxy) is 1. The molecule has 5 heteroatoms. The van der Waals surface area contributed by atoms with Crippen LogP contribution in [0.15, 0.2) is 0 Å². The summed E-state index contributed by atoms with van der Waals surface area (Å²) in [4.78, 5) is 0. The van der Waals surface area contributed by atoms with Crippen LogP contribution >= 0.6 is 0 Å². The van der Waals surface area contributed by atoms with Crippen LogP contribution in [0.5, 0.6) is 0 Å². The van der Waals surface area contributed by atoms with E-state index in [1.807, 2.05) is 0 Å². The molecule has 1 heterocycles. The lowest BCUT2D eigenvalue weighted by Gasteiger charge is -2.40. The number of sulfone groups is 1. The van der Waals surface area contributed by atoms with E-state index in [-0.39, 0.29) is 5.25 Å². The van der Waals surface area contributed by atoms with Crippen LogP contribution in [0.3, 0.4) is 0 Å². The summed E-state index contributed by atoms with van der Waals surface area (Å²) in [5, 5.41) is 3.57. The Kier molecular flexibility index (Phi) is 6.51. The van der Waals surface area contributed by atoms with Gasteiger partial charge < -0.3 is 10.1 Å². The molecule has 0 bridgehead atoms. The summed E-state index contributed by atoms with van der Waals surface area (Å²) >= 11 is 0. The Morgan fingerprint density at radius 2 is 1.95 bits per heavy atom. The monoisotopic (exact) mass is 317 g/mol. The van der Waals surface area contributed by atoms with Crippen LogP contribution in [-0.4, -0.2) is 45.7 Å². The first-order chi connectivity index (χ1) is 10.0. The second kappa shape index (κ2) is 7.93. The highest BCUT2D eigenvalue weighted by atomic mass is 32.2. The van der Waals surface area contributed by atoms with Gasteiger partial charge in [0, 0.05) is 18.9 Å². The first-order valence-electron chi connectivity index (χ1n) is 8.52. The number of hydrogen-bond donors (Lipinski definition) is 1. The van der Waals surface area contributed by atoms with Gasteiger partial charge >= 0.3 is 0 Å². The zero-order valence-electron chi connectivity index (χ0n) is 13.5. The predicted molar refractivity (Wildman–Crippen MR) is 86.2 cm³/mol. The average molecular weight is 317 g/mol. The quantitative estimate of drug-likeness (QED) is 0.817. The molecule has 1 saturated heterocycles. The molecule has 0 spiro atoms. The van der Waals surface area contributed by atoms with Gasteiger partial charge in [0.2, 0.25) is 0 Å². The molecule has 0 aromatic carbocycles. The highest BCUT2D eigenvalue weighted by molar-refractivity contribution is 7.91. The van der Waals surface area contributed by atoms with Crippen LogP contribution in [0.4, 0.5) is 0 Å². The molecule has 2 fully saturated rings. The molecule has 0 aromatic heterocycles. The fourth-order valence-electron chi connectivity index (χ4n) is 3.97. The fraction of sp³-hybridized carbons (Fsp3) is 1.00. The van der Waals surface area contributed by atoms with Gasteiger partial charge in [-0.2, -0.15) is 0 Å². The molecule has 2 aliphatic rings. The number of rotatable bonds is 6. The molecule has 4 unspecified atom stereocenters. The lowest BCUT2D eigenvalue weighted by Crippen LogP contribution is -2.48. The minimum Gasteiger partial charge on any atom is -0.381 e. The van der Waals surface area contributed by atoms with Crippen molar-refractivity contribution in [2.24, 2.45) is 11.8 Å². The number of hydrogen-bond acceptors (Lipinski definition) is 4. The third-order valence-electron chi connectivity index (χ3n) is 5.11. The van der Waals surface area contributed by atoms with Crippen molar-refractivity contribution in [1.29, 1.82) is 0 Å². The minimum atomic E-state index is -2.90. The van der Waals surface area contributed by atoms with E-state index < -0.39 is 9.84 Å². The molecule has 0 radical (unpaired) electrons. The third kappa shape index (κ3) is 4.93. The maximum absolute atomic E-state index is 11.9. The highest BCUT2D eigenvalue weighted by Crippen LogP contribution is 2.35. The first kappa shape index (κ1) is 17.2. The Bertz CT molecular complexity index is 404. The Hall–Kier alpha value is -0.130. The lowest BCUT2D eigenvalue weighted by molar-refractivity contribution is 0.0247. The third-order valence-corrected chi connectivity index (χ3v) is 6.75. The molecule has 4 atom stereocenters. The largest absolute Gasteiger partial charge is 0.381 e. The summed E-state index contributed by atoms with van der Waals surface area (Å²) in [5.74, 6) is 1.03. The summed E-state index contributed by atoms with van der Waals surface area (Å²) in [6, 6.07) is 0.426. The first-order valence-corrected chi connectivity index (χ1v) is 10.5. The molecule has 124 valence electrons. The van der Waals surface area contributed by atoms with Crippen LogP contribution < -0.4 is 5.32 Å². The van der Waals surface area contributed by atoms with Crippen molar-refractivity contribution >= 4 is 9.84 Å². The topological polar surface area (TPSA) is 55.4 Å². The second-order valence-electron chi connectivity index (χ2n) is 6.84. The predicted octanol–water partition coefficient (Wildman–Crippen LogP) is 2.38. The molecule has 4 nitrogen and oxygen atoms in total. The van der Waals surface area contributed by atoms with E-state index in [1.165, 1.54) is 12.7 Å². The molecule has 0 amide bonds. The fourth-order valence-corrected chi connectivity index (χ4v) is 5.17. The van der Waals surface area contributed by atoms with Gasteiger partial charge in [-0.15, -0.1) is 0 Å². The molecule has 2 rings (SSSR count). The molecular formula is C16H31NO3S. The Balaban J connectivity index is 2.04. The molecular weight excluding hydrogens is 286 g/mol. The Labute approximate surface area is 129 Å². The van der Waals surface area contributed by atoms with E-state index in [0.29, 0.717) is 17.9 Å². The van der Waals surface area contributed by atoms with E-state index in [1.54, 1.807) is 0 Å². The van der Waals surface area contributed by atoms with Gasteiger partial charge in [-0.3, -0.25) is 0 Å². The smallest absolute Gasteiger partial charge is 0.150 e. The lowest BCUT2D eigenvalue weighted by atomic mass is 9.77. The van der Waals surface area contributed by atoms with E-state index >= 15 is 0 Å². The van der Waals surface area contributed by atoms with Crippen molar-refractivity contribution < 1.29 is 13.2 Å². The molecule has 21 heavy (non-hydrogen) atoms. The van der Waals surface area contributed by atoms with Gasteiger partial charge in [-0.05, 0) is 56.9 Å². The molecule has 1 aliphatic heterocycles. The maximum Gasteiger partial charge on any atom is 0.150 e. The number of nitrogens with one attached hydrogen (secondary N) is 1. The Morgan fingerprint density at radius 1 is 1.19 bits per heavy atom. The minimum absolute atomic E-state index is 0.133. The van der Waals surface area contributed by atoms with Crippen molar-refractivity contribution in [2.75, 3.05) is 26.0 Å². The van der Waals surface area contributed by atoms with Gasteiger partial charge in [0.25, 0.3) is 0 Å². The van der Waals surface area contributed by atoms with Crippen LogP contribution in [-0.2, 0) is 14.6 Å².